The molecule has 2 atom stereocenters. The summed E-state index contributed by atoms with van der Waals surface area (Å²) in [5.41, 5.74) is 7.04. The van der Waals surface area contributed by atoms with Gasteiger partial charge in [0.1, 0.15) is 0 Å². The van der Waals surface area contributed by atoms with Crippen molar-refractivity contribution in [3.05, 3.63) is 10.6 Å². The van der Waals surface area contributed by atoms with Gasteiger partial charge in [-0.05, 0) is 19.3 Å². The molecule has 18 heavy (non-hydrogen) atoms. The Hall–Kier alpha value is -0.650. The number of hydrogen-bond donors (Lipinski definition) is 1. The molecule has 4 nitrogen and oxygen atoms in total. The summed E-state index contributed by atoms with van der Waals surface area (Å²) < 4.78 is 5.48. The topological polar surface area (TPSA) is 51.4 Å². The maximum atomic E-state index is 5.85. The quantitative estimate of drug-likeness (QED) is 0.911. The zero-order valence-corrected chi connectivity index (χ0v) is 12.3. The maximum absolute atomic E-state index is 5.85. The average Bonchev–Trinajstić information content (AvgIpc) is 2.82. The van der Waals surface area contributed by atoms with Gasteiger partial charge in [0.15, 0.2) is 5.13 Å². The van der Waals surface area contributed by atoms with E-state index in [9.17, 15) is 0 Å². The van der Waals surface area contributed by atoms with E-state index in [0.717, 1.165) is 31.3 Å². The predicted octanol–water partition coefficient (Wildman–Crippen LogP) is 2.34. The number of ether oxygens (including phenoxy) is 1. The van der Waals surface area contributed by atoms with Gasteiger partial charge in [0.05, 0.1) is 24.9 Å². The Morgan fingerprint density at radius 2 is 2.39 bits per heavy atom. The highest BCUT2D eigenvalue weighted by Gasteiger charge is 2.24. The van der Waals surface area contributed by atoms with Crippen LogP contribution in [0.4, 0.5) is 5.13 Å². The Kier molecular flexibility index (Phi) is 4.59. The molecule has 1 aliphatic heterocycles. The number of rotatable bonds is 4. The molecule has 1 aromatic heterocycles. The normalized spacial score (nSPS) is 22.2. The highest BCUT2D eigenvalue weighted by Crippen LogP contribution is 2.33. The molecule has 2 N–H and O–H groups in total. The van der Waals surface area contributed by atoms with Gasteiger partial charge in [-0.15, -0.1) is 11.3 Å². The Labute approximate surface area is 113 Å². The fourth-order valence-corrected chi connectivity index (χ4v) is 3.40. The zero-order valence-electron chi connectivity index (χ0n) is 11.5. The largest absolute Gasteiger partial charge is 0.377 e. The molecule has 0 bridgehead atoms. The maximum Gasteiger partial charge on any atom is 0.186 e. The van der Waals surface area contributed by atoms with Crippen molar-refractivity contribution in [1.82, 2.24) is 4.98 Å². The minimum absolute atomic E-state index is 0.403. The standard InChI is InChI=1S/C13H23N3OS/c1-4-9(2)12-11(7-14)18-13(15-12)16-5-6-17-8-10(16)3/h9-10H,4-8,14H2,1-3H3. The van der Waals surface area contributed by atoms with Crippen LogP contribution in [0.15, 0.2) is 0 Å². The van der Waals surface area contributed by atoms with Crippen molar-refractivity contribution in [2.75, 3.05) is 24.7 Å². The number of nitrogens with two attached hydrogens (primary N) is 1. The molecule has 2 unspecified atom stereocenters. The Morgan fingerprint density at radius 1 is 1.61 bits per heavy atom. The molecule has 0 amide bonds. The SMILES string of the molecule is CCC(C)c1nc(N2CCOCC2C)sc1CN. The van der Waals surface area contributed by atoms with Crippen LogP contribution in [0.2, 0.25) is 0 Å². The van der Waals surface area contributed by atoms with Crippen LogP contribution in [0.5, 0.6) is 0 Å². The second-order valence-corrected chi connectivity index (χ2v) is 6.00. The van der Waals surface area contributed by atoms with Crippen molar-refractivity contribution in [3.63, 3.8) is 0 Å². The molecule has 2 rings (SSSR count). The number of anilines is 1. The van der Waals surface area contributed by atoms with Gasteiger partial charge in [-0.1, -0.05) is 13.8 Å². The molecule has 0 aromatic carbocycles. The lowest BCUT2D eigenvalue weighted by Crippen LogP contribution is -2.43. The van der Waals surface area contributed by atoms with Crippen LogP contribution in [0.3, 0.4) is 0 Å². The first kappa shape index (κ1) is 13.8. The van der Waals surface area contributed by atoms with Crippen LogP contribution in [-0.4, -0.2) is 30.8 Å². The predicted molar refractivity (Wildman–Crippen MR) is 76.3 cm³/mol. The first-order valence-corrected chi connectivity index (χ1v) is 7.53. The third-order valence-electron chi connectivity index (χ3n) is 3.59. The van der Waals surface area contributed by atoms with Crippen molar-refractivity contribution in [1.29, 1.82) is 0 Å². The second-order valence-electron chi connectivity index (χ2n) is 4.94. The smallest absolute Gasteiger partial charge is 0.186 e. The number of aromatic nitrogens is 1. The lowest BCUT2D eigenvalue weighted by Gasteiger charge is -2.32. The van der Waals surface area contributed by atoms with E-state index >= 15 is 0 Å². The highest BCUT2D eigenvalue weighted by molar-refractivity contribution is 7.15. The van der Waals surface area contributed by atoms with Crippen LogP contribution in [0.25, 0.3) is 0 Å². The van der Waals surface area contributed by atoms with Crippen molar-refractivity contribution >= 4 is 16.5 Å². The minimum atomic E-state index is 0.403. The first-order valence-electron chi connectivity index (χ1n) is 6.71. The molecule has 1 fully saturated rings. The van der Waals surface area contributed by atoms with E-state index in [4.69, 9.17) is 15.5 Å². The number of thiazole rings is 1. The third-order valence-corrected chi connectivity index (χ3v) is 4.72. The van der Waals surface area contributed by atoms with Crippen molar-refractivity contribution in [2.24, 2.45) is 5.73 Å². The molecular formula is C13H23N3OS. The number of hydrogen-bond acceptors (Lipinski definition) is 5. The van der Waals surface area contributed by atoms with E-state index in [2.05, 4.69) is 25.7 Å². The highest BCUT2D eigenvalue weighted by atomic mass is 32.1. The summed E-state index contributed by atoms with van der Waals surface area (Å²) in [4.78, 5) is 8.42. The summed E-state index contributed by atoms with van der Waals surface area (Å²) in [5.74, 6) is 0.491. The van der Waals surface area contributed by atoms with Crippen LogP contribution in [0.1, 0.15) is 43.7 Å². The molecule has 0 saturated carbocycles. The summed E-state index contributed by atoms with van der Waals surface area (Å²) in [6.07, 6.45) is 1.11. The van der Waals surface area contributed by atoms with E-state index in [1.165, 1.54) is 10.6 Å². The third kappa shape index (κ3) is 2.68. The van der Waals surface area contributed by atoms with Gasteiger partial charge < -0.3 is 15.4 Å². The van der Waals surface area contributed by atoms with E-state index in [1.54, 1.807) is 11.3 Å². The summed E-state index contributed by atoms with van der Waals surface area (Å²) in [7, 11) is 0. The van der Waals surface area contributed by atoms with Gasteiger partial charge in [-0.25, -0.2) is 4.98 Å². The lowest BCUT2D eigenvalue weighted by molar-refractivity contribution is 0.0989. The molecule has 1 aromatic rings. The van der Waals surface area contributed by atoms with E-state index in [-0.39, 0.29) is 0 Å². The first-order chi connectivity index (χ1) is 8.67. The number of nitrogens with zero attached hydrogens (tertiary/aromatic N) is 2. The molecule has 0 spiro atoms. The van der Waals surface area contributed by atoms with Gasteiger partial charge in [-0.2, -0.15) is 0 Å². The minimum Gasteiger partial charge on any atom is -0.377 e. The Balaban J connectivity index is 2.25. The summed E-state index contributed by atoms with van der Waals surface area (Å²) in [6.45, 7) is 9.71. The molecule has 102 valence electrons. The lowest BCUT2D eigenvalue weighted by atomic mass is 10.0. The van der Waals surface area contributed by atoms with E-state index < -0.39 is 0 Å². The monoisotopic (exact) mass is 269 g/mol. The van der Waals surface area contributed by atoms with Gasteiger partial charge >= 0.3 is 0 Å². The number of morpholine rings is 1. The molecular weight excluding hydrogens is 246 g/mol. The van der Waals surface area contributed by atoms with Gasteiger partial charge in [0.25, 0.3) is 0 Å². The van der Waals surface area contributed by atoms with Gasteiger partial charge in [-0.3, -0.25) is 0 Å². The van der Waals surface area contributed by atoms with Gasteiger partial charge in [0, 0.05) is 18.0 Å². The van der Waals surface area contributed by atoms with Crippen LogP contribution in [0, 0.1) is 0 Å². The van der Waals surface area contributed by atoms with E-state index in [0.29, 0.717) is 18.5 Å². The molecule has 0 aliphatic carbocycles. The summed E-state index contributed by atoms with van der Waals surface area (Å²) in [5, 5.41) is 1.11. The zero-order chi connectivity index (χ0) is 13.1. The van der Waals surface area contributed by atoms with E-state index in [1.807, 2.05) is 0 Å². The average molecular weight is 269 g/mol. The molecule has 1 aliphatic rings. The Bertz CT molecular complexity index is 394. The fraction of sp³-hybridized carbons (Fsp3) is 0.769. The molecule has 2 heterocycles. The van der Waals surface area contributed by atoms with Crippen molar-refractivity contribution in [3.8, 4) is 0 Å². The second kappa shape index (κ2) is 5.99. The molecule has 0 radical (unpaired) electrons. The fourth-order valence-electron chi connectivity index (χ4n) is 2.21. The van der Waals surface area contributed by atoms with Crippen molar-refractivity contribution in [2.45, 2.75) is 45.7 Å². The molecule has 1 saturated heterocycles. The Morgan fingerprint density at radius 3 is 3.00 bits per heavy atom. The summed E-state index contributed by atoms with van der Waals surface area (Å²) in [6, 6.07) is 0.403. The van der Waals surface area contributed by atoms with Crippen LogP contribution < -0.4 is 10.6 Å². The molecule has 5 heteroatoms. The van der Waals surface area contributed by atoms with Gasteiger partial charge in [0.2, 0.25) is 0 Å². The van der Waals surface area contributed by atoms with Crippen LogP contribution >= 0.6 is 11.3 Å². The van der Waals surface area contributed by atoms with Crippen LogP contribution in [-0.2, 0) is 11.3 Å². The summed E-state index contributed by atoms with van der Waals surface area (Å²) >= 11 is 1.75. The van der Waals surface area contributed by atoms with Crippen molar-refractivity contribution < 1.29 is 4.74 Å².